The van der Waals surface area contributed by atoms with E-state index in [2.05, 4.69) is 36.9 Å². The van der Waals surface area contributed by atoms with Gasteiger partial charge in [-0.25, -0.2) is 0 Å². The number of hydrogen-bond donors (Lipinski definition) is 0. The van der Waals surface area contributed by atoms with Gasteiger partial charge in [0.15, 0.2) is 5.78 Å². The standard InChI is InChI=1S/C16H23NO2/c1-12(2)14-5-4-13(3)15(10-14)16(18)11-17-6-8-19-9-7-17/h4-5,10,12H,6-9,11H2,1-3H3. The smallest absolute Gasteiger partial charge is 0.177 e. The van der Waals surface area contributed by atoms with E-state index in [1.54, 1.807) is 0 Å². The van der Waals surface area contributed by atoms with Crippen molar-refractivity contribution in [1.29, 1.82) is 0 Å². The number of carbonyl (C=O) groups excluding carboxylic acids is 1. The van der Waals surface area contributed by atoms with Crippen molar-refractivity contribution >= 4 is 5.78 Å². The number of morpholine rings is 1. The van der Waals surface area contributed by atoms with Gasteiger partial charge >= 0.3 is 0 Å². The summed E-state index contributed by atoms with van der Waals surface area (Å²) in [5, 5.41) is 0. The molecule has 0 aromatic heterocycles. The summed E-state index contributed by atoms with van der Waals surface area (Å²) in [6, 6.07) is 6.23. The van der Waals surface area contributed by atoms with Crippen LogP contribution in [0.4, 0.5) is 0 Å². The maximum Gasteiger partial charge on any atom is 0.177 e. The Morgan fingerprint density at radius 3 is 2.63 bits per heavy atom. The van der Waals surface area contributed by atoms with Crippen LogP contribution in [-0.2, 0) is 4.74 Å². The van der Waals surface area contributed by atoms with Gasteiger partial charge in [0.25, 0.3) is 0 Å². The molecular weight excluding hydrogens is 238 g/mol. The van der Waals surface area contributed by atoms with Gasteiger partial charge in [0.1, 0.15) is 0 Å². The molecule has 0 amide bonds. The average molecular weight is 261 g/mol. The van der Waals surface area contributed by atoms with Gasteiger partial charge in [-0.3, -0.25) is 9.69 Å². The highest BCUT2D eigenvalue weighted by atomic mass is 16.5. The van der Waals surface area contributed by atoms with Crippen molar-refractivity contribution < 1.29 is 9.53 Å². The van der Waals surface area contributed by atoms with Crippen molar-refractivity contribution in [3.63, 3.8) is 0 Å². The fourth-order valence-electron chi connectivity index (χ4n) is 2.35. The lowest BCUT2D eigenvalue weighted by Crippen LogP contribution is -2.39. The molecule has 1 aromatic carbocycles. The van der Waals surface area contributed by atoms with E-state index in [0.717, 1.165) is 37.4 Å². The third-order valence-corrected chi connectivity index (χ3v) is 3.70. The predicted molar refractivity (Wildman–Crippen MR) is 76.9 cm³/mol. The zero-order chi connectivity index (χ0) is 13.8. The Kier molecular flexibility index (Phi) is 4.72. The topological polar surface area (TPSA) is 29.5 Å². The van der Waals surface area contributed by atoms with Crippen LogP contribution in [0.5, 0.6) is 0 Å². The Hall–Kier alpha value is -1.19. The number of benzene rings is 1. The number of ketones is 1. The summed E-state index contributed by atoms with van der Waals surface area (Å²) < 4.78 is 5.31. The summed E-state index contributed by atoms with van der Waals surface area (Å²) in [6.45, 7) is 10.0. The molecule has 1 aliphatic heterocycles. The summed E-state index contributed by atoms with van der Waals surface area (Å²) in [5.41, 5.74) is 3.18. The van der Waals surface area contributed by atoms with Gasteiger partial charge in [-0.05, 0) is 30.0 Å². The van der Waals surface area contributed by atoms with E-state index < -0.39 is 0 Å². The minimum Gasteiger partial charge on any atom is -0.379 e. The number of carbonyl (C=O) groups is 1. The number of rotatable bonds is 4. The van der Waals surface area contributed by atoms with Gasteiger partial charge in [-0.15, -0.1) is 0 Å². The molecule has 1 aromatic rings. The van der Waals surface area contributed by atoms with Crippen LogP contribution in [0.3, 0.4) is 0 Å². The second kappa shape index (κ2) is 6.31. The van der Waals surface area contributed by atoms with Crippen molar-refractivity contribution in [1.82, 2.24) is 4.90 Å². The molecule has 3 nitrogen and oxygen atoms in total. The lowest BCUT2D eigenvalue weighted by Gasteiger charge is -2.26. The predicted octanol–water partition coefficient (Wildman–Crippen LogP) is 2.63. The molecule has 0 atom stereocenters. The van der Waals surface area contributed by atoms with E-state index >= 15 is 0 Å². The molecule has 104 valence electrons. The Labute approximate surface area is 115 Å². The normalized spacial score (nSPS) is 16.8. The monoisotopic (exact) mass is 261 g/mol. The Morgan fingerprint density at radius 1 is 1.32 bits per heavy atom. The van der Waals surface area contributed by atoms with Gasteiger partial charge in [0.05, 0.1) is 19.8 Å². The lowest BCUT2D eigenvalue weighted by atomic mass is 9.95. The van der Waals surface area contributed by atoms with Gasteiger partial charge in [0.2, 0.25) is 0 Å². The molecule has 0 aliphatic carbocycles. The fourth-order valence-corrected chi connectivity index (χ4v) is 2.35. The molecule has 1 saturated heterocycles. The summed E-state index contributed by atoms with van der Waals surface area (Å²) in [5.74, 6) is 0.678. The summed E-state index contributed by atoms with van der Waals surface area (Å²) in [6.07, 6.45) is 0. The van der Waals surface area contributed by atoms with E-state index in [0.29, 0.717) is 12.5 Å². The maximum atomic E-state index is 12.4. The van der Waals surface area contributed by atoms with Crippen LogP contribution in [-0.4, -0.2) is 43.5 Å². The first-order valence-corrected chi connectivity index (χ1v) is 7.02. The number of Topliss-reactive ketones (excluding diaryl/α,β-unsaturated/α-hetero) is 1. The van der Waals surface area contributed by atoms with Crippen LogP contribution < -0.4 is 0 Å². The molecule has 0 radical (unpaired) electrons. The van der Waals surface area contributed by atoms with Crippen molar-refractivity contribution in [3.8, 4) is 0 Å². The third kappa shape index (κ3) is 3.64. The first-order chi connectivity index (χ1) is 9.08. The molecule has 0 bridgehead atoms. The lowest BCUT2D eigenvalue weighted by molar-refractivity contribution is 0.0371. The minimum absolute atomic E-state index is 0.224. The first-order valence-electron chi connectivity index (χ1n) is 7.02. The average Bonchev–Trinajstić information content (AvgIpc) is 2.40. The van der Waals surface area contributed by atoms with Crippen molar-refractivity contribution in [3.05, 3.63) is 34.9 Å². The van der Waals surface area contributed by atoms with E-state index in [9.17, 15) is 4.79 Å². The largest absolute Gasteiger partial charge is 0.379 e. The van der Waals surface area contributed by atoms with Crippen LogP contribution in [0.1, 0.15) is 41.3 Å². The summed E-state index contributed by atoms with van der Waals surface area (Å²) in [7, 11) is 0. The van der Waals surface area contributed by atoms with Crippen molar-refractivity contribution in [2.45, 2.75) is 26.7 Å². The van der Waals surface area contributed by atoms with E-state index in [1.807, 2.05) is 6.92 Å². The highest BCUT2D eigenvalue weighted by Crippen LogP contribution is 2.19. The molecule has 0 saturated carbocycles. The molecule has 1 aliphatic rings. The second-order valence-electron chi connectivity index (χ2n) is 5.54. The zero-order valence-corrected chi connectivity index (χ0v) is 12.1. The van der Waals surface area contributed by atoms with Gasteiger partial charge < -0.3 is 4.74 Å². The highest BCUT2D eigenvalue weighted by molar-refractivity contribution is 5.99. The third-order valence-electron chi connectivity index (χ3n) is 3.70. The molecule has 1 fully saturated rings. The maximum absolute atomic E-state index is 12.4. The first kappa shape index (κ1) is 14.2. The SMILES string of the molecule is Cc1ccc(C(C)C)cc1C(=O)CN1CCOCC1. The molecule has 19 heavy (non-hydrogen) atoms. The Balaban J connectivity index is 2.11. The minimum atomic E-state index is 0.224. The molecule has 2 rings (SSSR count). The number of ether oxygens (including phenoxy) is 1. The zero-order valence-electron chi connectivity index (χ0n) is 12.1. The van der Waals surface area contributed by atoms with Crippen LogP contribution in [0.25, 0.3) is 0 Å². The van der Waals surface area contributed by atoms with Crippen LogP contribution >= 0.6 is 0 Å². The molecule has 1 heterocycles. The highest BCUT2D eigenvalue weighted by Gasteiger charge is 2.17. The number of hydrogen-bond acceptors (Lipinski definition) is 3. The van der Waals surface area contributed by atoms with E-state index in [1.165, 1.54) is 5.56 Å². The van der Waals surface area contributed by atoms with Gasteiger partial charge in [-0.1, -0.05) is 26.0 Å². The fraction of sp³-hybridized carbons (Fsp3) is 0.562. The second-order valence-corrected chi connectivity index (χ2v) is 5.54. The Morgan fingerprint density at radius 2 is 2.00 bits per heavy atom. The molecule has 0 spiro atoms. The quantitative estimate of drug-likeness (QED) is 0.780. The molecule has 0 unspecified atom stereocenters. The number of nitrogens with zero attached hydrogens (tertiary/aromatic N) is 1. The van der Waals surface area contributed by atoms with Gasteiger partial charge in [-0.2, -0.15) is 0 Å². The molecule has 3 heteroatoms. The number of aryl methyl sites for hydroxylation is 1. The molecule has 0 N–H and O–H groups in total. The van der Waals surface area contributed by atoms with Crippen molar-refractivity contribution in [2.75, 3.05) is 32.8 Å². The van der Waals surface area contributed by atoms with Crippen LogP contribution in [0.2, 0.25) is 0 Å². The Bertz CT molecular complexity index is 448. The van der Waals surface area contributed by atoms with Crippen molar-refractivity contribution in [2.24, 2.45) is 0 Å². The molecular formula is C16H23NO2. The van der Waals surface area contributed by atoms with E-state index in [-0.39, 0.29) is 5.78 Å². The summed E-state index contributed by atoms with van der Waals surface area (Å²) in [4.78, 5) is 14.6. The van der Waals surface area contributed by atoms with Gasteiger partial charge in [0, 0.05) is 18.7 Å². The van der Waals surface area contributed by atoms with Crippen LogP contribution in [0, 0.1) is 6.92 Å². The van der Waals surface area contributed by atoms with Crippen LogP contribution in [0.15, 0.2) is 18.2 Å². The summed E-state index contributed by atoms with van der Waals surface area (Å²) >= 11 is 0. The van der Waals surface area contributed by atoms with E-state index in [4.69, 9.17) is 4.74 Å².